The first-order valence-electron chi connectivity index (χ1n) is 8.78. The molecule has 1 atom stereocenters. The number of benzene rings is 1. The van der Waals surface area contributed by atoms with Crippen LogP contribution in [0.3, 0.4) is 0 Å². The number of alkyl halides is 1. The summed E-state index contributed by atoms with van der Waals surface area (Å²) >= 11 is 0. The van der Waals surface area contributed by atoms with E-state index in [1.807, 2.05) is 30.3 Å². The van der Waals surface area contributed by atoms with Crippen LogP contribution >= 0.6 is 0 Å². The topological polar surface area (TPSA) is 88.8 Å². The van der Waals surface area contributed by atoms with E-state index < -0.39 is 12.8 Å². The molecule has 0 aliphatic carbocycles. The molecule has 2 aromatic heterocycles. The number of fused-ring (bicyclic) bond motifs is 1. The average Bonchev–Trinajstić information content (AvgIpc) is 3.28. The largest absolute Gasteiger partial charge is 0.442 e. The summed E-state index contributed by atoms with van der Waals surface area (Å²) in [5.41, 5.74) is 3.10. The zero-order chi connectivity index (χ0) is 19.7. The van der Waals surface area contributed by atoms with E-state index in [4.69, 9.17) is 4.74 Å². The van der Waals surface area contributed by atoms with Crippen LogP contribution < -0.4 is 10.2 Å². The molecule has 1 saturated heterocycles. The number of pyridine rings is 1. The minimum Gasteiger partial charge on any atom is -0.442 e. The van der Waals surface area contributed by atoms with Crippen LogP contribution in [0.1, 0.15) is 12.7 Å². The van der Waals surface area contributed by atoms with Crippen molar-refractivity contribution in [3.63, 3.8) is 0 Å². The highest BCUT2D eigenvalue weighted by atomic mass is 19.1. The molecule has 4 rings (SSSR count). The smallest absolute Gasteiger partial charge is 0.414 e. The van der Waals surface area contributed by atoms with Gasteiger partial charge < -0.3 is 10.1 Å². The van der Waals surface area contributed by atoms with Gasteiger partial charge in [-0.2, -0.15) is 0 Å². The van der Waals surface area contributed by atoms with Crippen molar-refractivity contribution in [1.29, 1.82) is 0 Å². The molecule has 3 aromatic rings. The summed E-state index contributed by atoms with van der Waals surface area (Å²) in [5.74, 6) is -0.0179. The third-order valence-electron chi connectivity index (χ3n) is 4.46. The van der Waals surface area contributed by atoms with E-state index in [-0.39, 0.29) is 24.4 Å². The van der Waals surface area contributed by atoms with E-state index >= 15 is 0 Å². The summed E-state index contributed by atoms with van der Waals surface area (Å²) < 4.78 is 19.5. The molecule has 1 N–H and O–H groups in total. The Labute approximate surface area is 159 Å². The number of amides is 2. The van der Waals surface area contributed by atoms with Crippen molar-refractivity contribution in [1.82, 2.24) is 19.9 Å². The van der Waals surface area contributed by atoms with Crippen LogP contribution in [0.2, 0.25) is 0 Å². The van der Waals surface area contributed by atoms with E-state index in [1.54, 1.807) is 16.8 Å². The number of nitrogens with zero attached hydrogens (tertiary/aromatic N) is 4. The average molecular weight is 383 g/mol. The number of rotatable bonds is 5. The number of hydrogen-bond acceptors (Lipinski definition) is 5. The molecule has 1 aliphatic heterocycles. The number of ether oxygens (including phenoxy) is 1. The molecule has 0 bridgehead atoms. The van der Waals surface area contributed by atoms with Crippen LogP contribution in [0.25, 0.3) is 16.8 Å². The molecule has 3 heterocycles. The lowest BCUT2D eigenvalue weighted by Gasteiger charge is -2.13. The van der Waals surface area contributed by atoms with Crippen molar-refractivity contribution >= 4 is 23.3 Å². The second-order valence-corrected chi connectivity index (χ2v) is 6.48. The molecule has 0 radical (unpaired) electrons. The van der Waals surface area contributed by atoms with Gasteiger partial charge in [0.15, 0.2) is 18.1 Å². The molecule has 0 unspecified atom stereocenters. The van der Waals surface area contributed by atoms with Crippen LogP contribution in [-0.4, -0.2) is 45.8 Å². The number of cyclic esters (lactones) is 1. The third-order valence-corrected chi connectivity index (χ3v) is 4.46. The van der Waals surface area contributed by atoms with Crippen LogP contribution in [0, 0.1) is 0 Å². The van der Waals surface area contributed by atoms with Gasteiger partial charge in [-0.05, 0) is 29.8 Å². The summed E-state index contributed by atoms with van der Waals surface area (Å²) in [7, 11) is 0. The highest BCUT2D eigenvalue weighted by molar-refractivity contribution is 5.90. The molecule has 1 fully saturated rings. The SMILES string of the molecule is CC(=O)NC[C@H]1CN(c2ccc(-c3ccc4nc(CF)nn4c3)cc2)C(=O)O1. The summed E-state index contributed by atoms with van der Waals surface area (Å²) in [6.07, 6.45) is 0.964. The molecule has 1 aromatic carbocycles. The molecule has 0 saturated carbocycles. The lowest BCUT2D eigenvalue weighted by Crippen LogP contribution is -2.33. The quantitative estimate of drug-likeness (QED) is 0.731. The zero-order valence-electron chi connectivity index (χ0n) is 15.1. The minimum absolute atomic E-state index is 0.147. The lowest BCUT2D eigenvalue weighted by atomic mass is 10.1. The monoisotopic (exact) mass is 383 g/mol. The number of anilines is 1. The predicted octanol–water partition coefficient (Wildman–Crippen LogP) is 2.33. The predicted molar refractivity (Wildman–Crippen MR) is 99.5 cm³/mol. The standard InChI is InChI=1S/C19H18FN5O3/c1-12(26)21-9-16-11-24(19(27)28-16)15-5-2-13(3-6-15)14-4-7-18-22-17(8-20)23-25(18)10-14/h2-7,10,16H,8-9,11H2,1H3,(H,21,26)/t16-/m0/s1. The number of nitrogens with one attached hydrogen (secondary N) is 1. The van der Waals surface area contributed by atoms with Crippen LogP contribution in [0.15, 0.2) is 42.6 Å². The maximum atomic E-state index is 12.7. The number of halogens is 1. The first kappa shape index (κ1) is 17.9. The summed E-state index contributed by atoms with van der Waals surface area (Å²) in [6.45, 7) is 1.37. The Morgan fingerprint density at radius 2 is 2.00 bits per heavy atom. The Bertz CT molecular complexity index is 1030. The Morgan fingerprint density at radius 1 is 1.25 bits per heavy atom. The van der Waals surface area contributed by atoms with Crippen LogP contribution in [-0.2, 0) is 16.2 Å². The van der Waals surface area contributed by atoms with Gasteiger partial charge in [-0.1, -0.05) is 12.1 Å². The molecular weight excluding hydrogens is 365 g/mol. The first-order valence-corrected chi connectivity index (χ1v) is 8.78. The maximum absolute atomic E-state index is 12.7. The van der Waals surface area contributed by atoms with Gasteiger partial charge in [-0.15, -0.1) is 5.10 Å². The minimum atomic E-state index is -0.708. The van der Waals surface area contributed by atoms with Crippen LogP contribution in [0.5, 0.6) is 0 Å². The molecule has 8 nitrogen and oxygen atoms in total. The molecule has 2 amide bonds. The number of aromatic nitrogens is 3. The number of carbonyl (C=O) groups is 2. The fraction of sp³-hybridized carbons (Fsp3) is 0.263. The van der Waals surface area contributed by atoms with E-state index in [0.717, 1.165) is 11.1 Å². The van der Waals surface area contributed by atoms with Gasteiger partial charge in [0.1, 0.15) is 6.10 Å². The van der Waals surface area contributed by atoms with E-state index in [0.29, 0.717) is 17.9 Å². The summed E-state index contributed by atoms with van der Waals surface area (Å²) in [6, 6.07) is 11.1. The second-order valence-electron chi connectivity index (χ2n) is 6.48. The van der Waals surface area contributed by atoms with Gasteiger partial charge in [-0.3, -0.25) is 9.69 Å². The number of hydrogen-bond donors (Lipinski definition) is 1. The van der Waals surface area contributed by atoms with Gasteiger partial charge in [0, 0.05) is 24.4 Å². The van der Waals surface area contributed by atoms with Gasteiger partial charge in [0.2, 0.25) is 5.91 Å². The van der Waals surface area contributed by atoms with Crippen molar-refractivity contribution in [2.45, 2.75) is 19.7 Å². The van der Waals surface area contributed by atoms with Crippen molar-refractivity contribution in [3.05, 3.63) is 48.4 Å². The molecular formula is C19H18FN5O3. The van der Waals surface area contributed by atoms with Crippen molar-refractivity contribution in [3.8, 4) is 11.1 Å². The maximum Gasteiger partial charge on any atom is 0.414 e. The Hall–Kier alpha value is -3.49. The van der Waals surface area contributed by atoms with Crippen molar-refractivity contribution in [2.75, 3.05) is 18.0 Å². The molecule has 144 valence electrons. The Kier molecular flexibility index (Phi) is 4.64. The highest BCUT2D eigenvalue weighted by Crippen LogP contribution is 2.26. The Balaban J connectivity index is 1.51. The normalized spacial score (nSPS) is 16.4. The van der Waals surface area contributed by atoms with E-state index in [9.17, 15) is 14.0 Å². The fourth-order valence-corrected chi connectivity index (χ4v) is 3.09. The van der Waals surface area contributed by atoms with Gasteiger partial charge in [-0.25, -0.2) is 18.7 Å². The van der Waals surface area contributed by atoms with E-state index in [2.05, 4.69) is 15.4 Å². The second kappa shape index (κ2) is 7.26. The molecule has 1 aliphatic rings. The fourth-order valence-electron chi connectivity index (χ4n) is 3.09. The lowest BCUT2D eigenvalue weighted by molar-refractivity contribution is -0.119. The van der Waals surface area contributed by atoms with Gasteiger partial charge >= 0.3 is 6.09 Å². The number of carbonyl (C=O) groups excluding carboxylic acids is 2. The van der Waals surface area contributed by atoms with Crippen molar-refractivity contribution < 1.29 is 18.7 Å². The zero-order valence-corrected chi connectivity index (χ0v) is 15.1. The highest BCUT2D eigenvalue weighted by Gasteiger charge is 2.32. The summed E-state index contributed by atoms with van der Waals surface area (Å²) in [4.78, 5) is 28.7. The Morgan fingerprint density at radius 3 is 2.71 bits per heavy atom. The first-order chi connectivity index (χ1) is 13.5. The van der Waals surface area contributed by atoms with Crippen LogP contribution in [0.4, 0.5) is 14.9 Å². The summed E-state index contributed by atoms with van der Waals surface area (Å²) in [5, 5.41) is 6.73. The van der Waals surface area contributed by atoms with E-state index in [1.165, 1.54) is 11.8 Å². The van der Waals surface area contributed by atoms with Gasteiger partial charge in [0.25, 0.3) is 0 Å². The molecule has 9 heteroatoms. The molecule has 0 spiro atoms. The van der Waals surface area contributed by atoms with Crippen molar-refractivity contribution in [2.24, 2.45) is 0 Å². The third kappa shape index (κ3) is 3.51. The molecule has 28 heavy (non-hydrogen) atoms. The van der Waals surface area contributed by atoms with Gasteiger partial charge in [0.05, 0.1) is 13.1 Å².